The Labute approximate surface area is 116 Å². The SMILES string of the molecule is CC(c1cccs1)N(C)c1ccc(CO)c(Cl)c1. The van der Waals surface area contributed by atoms with Crippen molar-refractivity contribution in [3.63, 3.8) is 0 Å². The number of hydrogen-bond donors (Lipinski definition) is 1. The zero-order valence-corrected chi connectivity index (χ0v) is 12.0. The van der Waals surface area contributed by atoms with Gasteiger partial charge in [-0.05, 0) is 36.1 Å². The summed E-state index contributed by atoms with van der Waals surface area (Å²) in [4.78, 5) is 3.50. The maximum absolute atomic E-state index is 9.11. The summed E-state index contributed by atoms with van der Waals surface area (Å²) in [5, 5.41) is 11.8. The molecule has 0 radical (unpaired) electrons. The summed E-state index contributed by atoms with van der Waals surface area (Å²) in [6.07, 6.45) is 0. The lowest BCUT2D eigenvalue weighted by molar-refractivity contribution is 0.282. The fourth-order valence-electron chi connectivity index (χ4n) is 1.83. The number of aliphatic hydroxyl groups excluding tert-OH is 1. The second kappa shape index (κ2) is 5.74. The van der Waals surface area contributed by atoms with Crippen molar-refractivity contribution in [2.45, 2.75) is 19.6 Å². The highest BCUT2D eigenvalue weighted by Gasteiger charge is 2.14. The molecule has 0 spiro atoms. The lowest BCUT2D eigenvalue weighted by Gasteiger charge is -2.26. The van der Waals surface area contributed by atoms with Crippen LogP contribution in [0.2, 0.25) is 5.02 Å². The van der Waals surface area contributed by atoms with Crippen LogP contribution in [0.1, 0.15) is 23.4 Å². The van der Waals surface area contributed by atoms with Crippen molar-refractivity contribution < 1.29 is 5.11 Å². The lowest BCUT2D eigenvalue weighted by atomic mass is 10.1. The Balaban J connectivity index is 2.23. The van der Waals surface area contributed by atoms with Gasteiger partial charge in [-0.15, -0.1) is 11.3 Å². The van der Waals surface area contributed by atoms with Crippen LogP contribution in [-0.4, -0.2) is 12.2 Å². The Hall–Kier alpha value is -1.03. The molecule has 0 amide bonds. The molecule has 0 saturated heterocycles. The van der Waals surface area contributed by atoms with Crippen LogP contribution in [0.25, 0.3) is 0 Å². The van der Waals surface area contributed by atoms with E-state index in [0.717, 1.165) is 11.3 Å². The summed E-state index contributed by atoms with van der Waals surface area (Å²) < 4.78 is 0. The third-order valence-electron chi connectivity index (χ3n) is 3.15. The highest BCUT2D eigenvalue weighted by molar-refractivity contribution is 7.10. The van der Waals surface area contributed by atoms with Crippen LogP contribution in [0.3, 0.4) is 0 Å². The van der Waals surface area contributed by atoms with Gasteiger partial charge in [-0.3, -0.25) is 0 Å². The Morgan fingerprint density at radius 3 is 2.72 bits per heavy atom. The lowest BCUT2D eigenvalue weighted by Crippen LogP contribution is -2.20. The Morgan fingerprint density at radius 1 is 1.39 bits per heavy atom. The van der Waals surface area contributed by atoms with E-state index in [9.17, 15) is 0 Å². The van der Waals surface area contributed by atoms with E-state index in [0.29, 0.717) is 11.1 Å². The molecule has 0 bridgehead atoms. The normalized spacial score (nSPS) is 12.4. The molecule has 96 valence electrons. The number of halogens is 1. The van der Waals surface area contributed by atoms with Crippen molar-refractivity contribution in [3.05, 3.63) is 51.2 Å². The largest absolute Gasteiger partial charge is 0.392 e. The third kappa shape index (κ3) is 2.69. The number of rotatable bonds is 4. The van der Waals surface area contributed by atoms with Gasteiger partial charge in [0.15, 0.2) is 0 Å². The molecule has 2 aromatic rings. The molecule has 18 heavy (non-hydrogen) atoms. The first-order valence-electron chi connectivity index (χ1n) is 5.79. The molecule has 0 fully saturated rings. The van der Waals surface area contributed by atoms with Crippen LogP contribution in [0.15, 0.2) is 35.7 Å². The quantitative estimate of drug-likeness (QED) is 0.912. The van der Waals surface area contributed by atoms with E-state index in [2.05, 4.69) is 36.4 Å². The first-order chi connectivity index (χ1) is 8.63. The molecule has 1 aromatic heterocycles. The molecular weight excluding hydrogens is 266 g/mol. The van der Waals surface area contributed by atoms with Crippen molar-refractivity contribution in [1.29, 1.82) is 0 Å². The smallest absolute Gasteiger partial charge is 0.0696 e. The number of aliphatic hydroxyl groups is 1. The van der Waals surface area contributed by atoms with Gasteiger partial charge in [0.1, 0.15) is 0 Å². The van der Waals surface area contributed by atoms with E-state index in [1.54, 1.807) is 11.3 Å². The van der Waals surface area contributed by atoms with E-state index in [4.69, 9.17) is 16.7 Å². The van der Waals surface area contributed by atoms with Gasteiger partial charge in [-0.25, -0.2) is 0 Å². The second-order valence-electron chi connectivity index (χ2n) is 4.24. The van der Waals surface area contributed by atoms with E-state index in [1.165, 1.54) is 4.88 Å². The molecule has 1 aromatic carbocycles. The molecule has 2 rings (SSSR count). The Morgan fingerprint density at radius 2 is 2.17 bits per heavy atom. The molecule has 1 heterocycles. The van der Waals surface area contributed by atoms with Gasteiger partial charge in [0.05, 0.1) is 12.6 Å². The maximum atomic E-state index is 9.11. The maximum Gasteiger partial charge on any atom is 0.0696 e. The highest BCUT2D eigenvalue weighted by atomic mass is 35.5. The molecule has 0 aliphatic rings. The van der Waals surface area contributed by atoms with Crippen LogP contribution in [-0.2, 0) is 6.61 Å². The van der Waals surface area contributed by atoms with Gasteiger partial charge in [-0.2, -0.15) is 0 Å². The summed E-state index contributed by atoms with van der Waals surface area (Å²) >= 11 is 7.87. The highest BCUT2D eigenvalue weighted by Crippen LogP contribution is 2.30. The van der Waals surface area contributed by atoms with Crippen LogP contribution in [0.4, 0.5) is 5.69 Å². The summed E-state index contributed by atoms with van der Waals surface area (Å²) in [5.41, 5.74) is 1.82. The van der Waals surface area contributed by atoms with E-state index in [1.807, 2.05) is 18.2 Å². The third-order valence-corrected chi connectivity index (χ3v) is 4.54. The molecule has 0 aliphatic heterocycles. The first kappa shape index (κ1) is 13.4. The number of hydrogen-bond acceptors (Lipinski definition) is 3. The number of benzene rings is 1. The monoisotopic (exact) mass is 281 g/mol. The summed E-state index contributed by atoms with van der Waals surface area (Å²) in [6, 6.07) is 10.3. The van der Waals surface area contributed by atoms with Crippen molar-refractivity contribution >= 4 is 28.6 Å². The van der Waals surface area contributed by atoms with Crippen molar-refractivity contribution in [2.24, 2.45) is 0 Å². The van der Waals surface area contributed by atoms with E-state index in [-0.39, 0.29) is 6.61 Å². The first-order valence-corrected chi connectivity index (χ1v) is 7.04. The number of nitrogens with zero attached hydrogens (tertiary/aromatic N) is 1. The molecule has 1 unspecified atom stereocenters. The summed E-state index contributed by atoms with van der Waals surface area (Å²) in [5.74, 6) is 0. The molecule has 2 nitrogen and oxygen atoms in total. The standard InChI is InChI=1S/C14H16ClNOS/c1-10(14-4-3-7-18-14)16(2)12-6-5-11(9-17)13(15)8-12/h3-8,10,17H,9H2,1-2H3. The van der Waals surface area contributed by atoms with Gasteiger partial charge in [0.2, 0.25) is 0 Å². The fraction of sp³-hybridized carbons (Fsp3) is 0.286. The molecule has 1 N–H and O–H groups in total. The Bertz CT molecular complexity index is 513. The van der Waals surface area contributed by atoms with Gasteiger partial charge >= 0.3 is 0 Å². The molecule has 0 saturated carbocycles. The molecule has 0 aliphatic carbocycles. The fourth-order valence-corrected chi connectivity index (χ4v) is 2.89. The zero-order valence-electron chi connectivity index (χ0n) is 10.4. The summed E-state index contributed by atoms with van der Waals surface area (Å²) in [6.45, 7) is 2.14. The van der Waals surface area contributed by atoms with Gasteiger partial charge in [0.25, 0.3) is 0 Å². The van der Waals surface area contributed by atoms with Crippen LogP contribution in [0, 0.1) is 0 Å². The van der Waals surface area contributed by atoms with Gasteiger partial charge in [-0.1, -0.05) is 23.7 Å². The van der Waals surface area contributed by atoms with Crippen LogP contribution < -0.4 is 4.90 Å². The van der Waals surface area contributed by atoms with Gasteiger partial charge < -0.3 is 10.0 Å². The molecular formula is C14H16ClNOS. The molecule has 1 atom stereocenters. The topological polar surface area (TPSA) is 23.5 Å². The average molecular weight is 282 g/mol. The Kier molecular flexibility index (Phi) is 4.27. The predicted octanol–water partition coefficient (Wildman–Crippen LogP) is 4.09. The van der Waals surface area contributed by atoms with Crippen LogP contribution in [0.5, 0.6) is 0 Å². The van der Waals surface area contributed by atoms with Crippen molar-refractivity contribution in [3.8, 4) is 0 Å². The van der Waals surface area contributed by atoms with Crippen molar-refractivity contribution in [2.75, 3.05) is 11.9 Å². The predicted molar refractivity (Wildman–Crippen MR) is 78.5 cm³/mol. The zero-order chi connectivity index (χ0) is 13.1. The van der Waals surface area contributed by atoms with Crippen LogP contribution >= 0.6 is 22.9 Å². The minimum atomic E-state index is -0.0245. The summed E-state index contributed by atoms with van der Waals surface area (Å²) in [7, 11) is 2.05. The molecule has 4 heteroatoms. The van der Waals surface area contributed by atoms with Crippen molar-refractivity contribution in [1.82, 2.24) is 0 Å². The van der Waals surface area contributed by atoms with E-state index >= 15 is 0 Å². The minimum absolute atomic E-state index is 0.0245. The second-order valence-corrected chi connectivity index (χ2v) is 5.62. The number of anilines is 1. The van der Waals surface area contributed by atoms with Gasteiger partial charge in [0, 0.05) is 22.6 Å². The number of thiophene rings is 1. The van der Waals surface area contributed by atoms with E-state index < -0.39 is 0 Å². The average Bonchev–Trinajstić information content (AvgIpc) is 2.90. The minimum Gasteiger partial charge on any atom is -0.392 e.